The molecule has 1 aromatic carbocycles. The van der Waals surface area contributed by atoms with E-state index in [1.165, 1.54) is 6.42 Å². The Hall–Kier alpha value is -1.71. The van der Waals surface area contributed by atoms with Gasteiger partial charge in [-0.1, -0.05) is 12.1 Å². The summed E-state index contributed by atoms with van der Waals surface area (Å²) in [7, 11) is 0. The maximum Gasteiger partial charge on any atom is 0.260 e. The number of carbonyl (C=O) groups is 1. The molecule has 22 heavy (non-hydrogen) atoms. The van der Waals surface area contributed by atoms with Crippen LogP contribution in [0.25, 0.3) is 0 Å². The number of amides is 1. The van der Waals surface area contributed by atoms with E-state index in [4.69, 9.17) is 9.47 Å². The van der Waals surface area contributed by atoms with E-state index in [2.05, 4.69) is 26.8 Å². The largest absolute Gasteiger partial charge is 0.483 e. The Labute approximate surface area is 132 Å². The second kappa shape index (κ2) is 5.82. The van der Waals surface area contributed by atoms with Crippen LogP contribution in [0, 0.1) is 0 Å². The zero-order valence-corrected chi connectivity index (χ0v) is 13.7. The fourth-order valence-corrected chi connectivity index (χ4v) is 3.39. The Morgan fingerprint density at radius 1 is 1.41 bits per heavy atom. The molecule has 120 valence electrons. The van der Waals surface area contributed by atoms with Gasteiger partial charge in [-0.3, -0.25) is 4.79 Å². The average molecular weight is 303 g/mol. The minimum absolute atomic E-state index is 0.0714. The molecule has 0 saturated carbocycles. The summed E-state index contributed by atoms with van der Waals surface area (Å²) >= 11 is 0. The van der Waals surface area contributed by atoms with Crippen molar-refractivity contribution in [2.45, 2.75) is 58.1 Å². The molecule has 2 aliphatic heterocycles. The smallest absolute Gasteiger partial charge is 0.260 e. The van der Waals surface area contributed by atoms with Gasteiger partial charge in [0.25, 0.3) is 5.91 Å². The van der Waals surface area contributed by atoms with E-state index in [1.807, 2.05) is 17.0 Å². The van der Waals surface area contributed by atoms with E-state index in [-0.39, 0.29) is 18.1 Å². The van der Waals surface area contributed by atoms with Gasteiger partial charge in [-0.2, -0.15) is 0 Å². The van der Waals surface area contributed by atoms with Crippen LogP contribution in [0.1, 0.15) is 45.6 Å². The van der Waals surface area contributed by atoms with Crippen molar-refractivity contribution >= 4 is 5.91 Å². The van der Waals surface area contributed by atoms with Crippen molar-refractivity contribution in [3.8, 4) is 11.5 Å². The highest BCUT2D eigenvalue weighted by Gasteiger charge is 2.32. The molecule has 2 aliphatic rings. The first kappa shape index (κ1) is 15.2. The van der Waals surface area contributed by atoms with E-state index >= 15 is 0 Å². The highest BCUT2D eigenvalue weighted by Crippen LogP contribution is 2.41. The number of hydrogen-bond donors (Lipinski definition) is 0. The molecule has 1 fully saturated rings. The fourth-order valence-electron chi connectivity index (χ4n) is 3.39. The summed E-state index contributed by atoms with van der Waals surface area (Å²) in [6.07, 6.45) is 4.26. The zero-order valence-electron chi connectivity index (χ0n) is 13.7. The highest BCUT2D eigenvalue weighted by atomic mass is 16.5. The number of para-hydroxylation sites is 1. The van der Waals surface area contributed by atoms with Gasteiger partial charge < -0.3 is 14.4 Å². The molecule has 2 heterocycles. The molecule has 0 aliphatic carbocycles. The Balaban J connectivity index is 1.65. The van der Waals surface area contributed by atoms with Crippen molar-refractivity contribution in [1.29, 1.82) is 0 Å². The molecule has 4 nitrogen and oxygen atoms in total. The zero-order chi connectivity index (χ0) is 15.7. The predicted octanol–water partition coefficient (Wildman–Crippen LogP) is 3.18. The summed E-state index contributed by atoms with van der Waals surface area (Å²) in [6.45, 7) is 7.18. The lowest BCUT2D eigenvalue weighted by atomic mass is 10.0. The molecule has 0 aromatic heterocycles. The lowest BCUT2D eigenvalue weighted by molar-refractivity contribution is -0.136. The number of piperidine rings is 1. The van der Waals surface area contributed by atoms with Crippen LogP contribution in [0.15, 0.2) is 18.2 Å². The average Bonchev–Trinajstić information content (AvgIpc) is 2.79. The number of benzene rings is 1. The van der Waals surface area contributed by atoms with Crippen molar-refractivity contribution in [2.24, 2.45) is 0 Å². The van der Waals surface area contributed by atoms with E-state index in [0.717, 1.165) is 37.1 Å². The molecular formula is C18H25NO3. The van der Waals surface area contributed by atoms with E-state index in [1.54, 1.807) is 0 Å². The molecule has 1 saturated heterocycles. The van der Waals surface area contributed by atoms with Gasteiger partial charge in [0, 0.05) is 24.6 Å². The number of ether oxygens (including phenoxy) is 2. The minimum atomic E-state index is -0.201. The molecule has 3 rings (SSSR count). The first-order valence-corrected chi connectivity index (χ1v) is 8.19. The molecular weight excluding hydrogens is 278 g/mol. The number of hydrogen-bond acceptors (Lipinski definition) is 3. The molecule has 0 spiro atoms. The van der Waals surface area contributed by atoms with Gasteiger partial charge >= 0.3 is 0 Å². The molecule has 0 radical (unpaired) electrons. The van der Waals surface area contributed by atoms with Gasteiger partial charge in [-0.05, 0) is 46.1 Å². The Kier molecular flexibility index (Phi) is 4.02. The van der Waals surface area contributed by atoms with Gasteiger partial charge in [0.05, 0.1) is 0 Å². The van der Waals surface area contributed by atoms with Gasteiger partial charge in [0.1, 0.15) is 5.60 Å². The lowest BCUT2D eigenvalue weighted by Crippen LogP contribution is -2.44. The Morgan fingerprint density at radius 3 is 3.00 bits per heavy atom. The number of fused-ring (bicyclic) bond motifs is 1. The van der Waals surface area contributed by atoms with Crippen molar-refractivity contribution in [1.82, 2.24) is 4.90 Å². The second-order valence-corrected chi connectivity index (χ2v) is 7.00. The minimum Gasteiger partial charge on any atom is -0.483 e. The van der Waals surface area contributed by atoms with Crippen LogP contribution in [0.5, 0.6) is 11.5 Å². The molecule has 1 amide bonds. The van der Waals surface area contributed by atoms with Crippen molar-refractivity contribution in [3.05, 3.63) is 23.8 Å². The molecule has 0 N–H and O–H groups in total. The van der Waals surface area contributed by atoms with Gasteiger partial charge in [-0.15, -0.1) is 0 Å². The number of likely N-dealkylation sites (tertiary alicyclic amines) is 1. The third-order valence-electron chi connectivity index (χ3n) is 4.53. The third-order valence-corrected chi connectivity index (χ3v) is 4.53. The van der Waals surface area contributed by atoms with Crippen LogP contribution >= 0.6 is 0 Å². The summed E-state index contributed by atoms with van der Waals surface area (Å²) in [5.74, 6) is 1.55. The van der Waals surface area contributed by atoms with Crippen LogP contribution in [-0.2, 0) is 11.2 Å². The van der Waals surface area contributed by atoms with Gasteiger partial charge in [0.15, 0.2) is 18.1 Å². The van der Waals surface area contributed by atoms with Crippen LogP contribution in [-0.4, -0.2) is 35.6 Å². The Morgan fingerprint density at radius 2 is 2.23 bits per heavy atom. The lowest BCUT2D eigenvalue weighted by Gasteiger charge is -2.33. The predicted molar refractivity (Wildman–Crippen MR) is 85.4 cm³/mol. The summed E-state index contributed by atoms with van der Waals surface area (Å²) in [6, 6.07) is 6.23. The van der Waals surface area contributed by atoms with Crippen molar-refractivity contribution in [3.63, 3.8) is 0 Å². The summed E-state index contributed by atoms with van der Waals surface area (Å²) < 4.78 is 11.8. The summed E-state index contributed by atoms with van der Waals surface area (Å²) in [5, 5.41) is 0. The molecule has 1 atom stereocenters. The third kappa shape index (κ3) is 3.06. The molecule has 0 bridgehead atoms. The monoisotopic (exact) mass is 303 g/mol. The van der Waals surface area contributed by atoms with E-state index in [0.29, 0.717) is 11.8 Å². The topological polar surface area (TPSA) is 38.8 Å². The number of rotatable bonds is 3. The normalized spacial score (nSPS) is 22.9. The Bertz CT molecular complexity index is 567. The maximum atomic E-state index is 12.4. The molecule has 1 aromatic rings. The van der Waals surface area contributed by atoms with Crippen LogP contribution < -0.4 is 9.47 Å². The number of nitrogens with zero attached hydrogens (tertiary/aromatic N) is 1. The van der Waals surface area contributed by atoms with Gasteiger partial charge in [-0.25, -0.2) is 0 Å². The number of carbonyl (C=O) groups excluding carboxylic acids is 1. The standard InChI is InChI=1S/C18H25NO3/c1-13-7-4-5-10-19(13)16(20)12-21-15-9-6-8-14-11-18(2,3)22-17(14)15/h6,8-9,13H,4-5,7,10-12H2,1-3H3. The summed E-state index contributed by atoms with van der Waals surface area (Å²) in [4.78, 5) is 14.3. The van der Waals surface area contributed by atoms with Crippen LogP contribution in [0.4, 0.5) is 0 Å². The second-order valence-electron chi connectivity index (χ2n) is 7.00. The molecule has 4 heteroatoms. The quantitative estimate of drug-likeness (QED) is 0.861. The van der Waals surface area contributed by atoms with E-state index < -0.39 is 0 Å². The molecule has 1 unspecified atom stereocenters. The van der Waals surface area contributed by atoms with Crippen LogP contribution in [0.2, 0.25) is 0 Å². The maximum absolute atomic E-state index is 12.4. The SMILES string of the molecule is CC1CCCCN1C(=O)COc1cccc2c1OC(C)(C)C2. The first-order chi connectivity index (χ1) is 10.5. The van der Waals surface area contributed by atoms with Crippen molar-refractivity contribution < 1.29 is 14.3 Å². The highest BCUT2D eigenvalue weighted by molar-refractivity contribution is 5.78. The van der Waals surface area contributed by atoms with Crippen LogP contribution in [0.3, 0.4) is 0 Å². The summed E-state index contributed by atoms with van der Waals surface area (Å²) in [5.41, 5.74) is 0.953. The van der Waals surface area contributed by atoms with E-state index in [9.17, 15) is 4.79 Å². The first-order valence-electron chi connectivity index (χ1n) is 8.19. The fraction of sp³-hybridized carbons (Fsp3) is 0.611. The van der Waals surface area contributed by atoms with Crippen molar-refractivity contribution in [2.75, 3.05) is 13.2 Å². The van der Waals surface area contributed by atoms with Gasteiger partial charge in [0.2, 0.25) is 0 Å².